The molecule has 0 spiro atoms. The van der Waals surface area contributed by atoms with Gasteiger partial charge in [-0.15, -0.1) is 0 Å². The molecule has 3 aromatic heterocycles. The summed E-state index contributed by atoms with van der Waals surface area (Å²) in [6.07, 6.45) is 1.45. The molecule has 0 amide bonds. The zero-order valence-corrected chi connectivity index (χ0v) is 11.5. The van der Waals surface area contributed by atoms with E-state index in [1.807, 2.05) is 25.6 Å². The van der Waals surface area contributed by atoms with E-state index in [4.69, 9.17) is 0 Å². The number of fused-ring (bicyclic) bond motifs is 1. The summed E-state index contributed by atoms with van der Waals surface area (Å²) < 4.78 is 3.21. The Morgan fingerprint density at radius 2 is 2.20 bits per heavy atom. The van der Waals surface area contributed by atoms with Crippen LogP contribution >= 0.6 is 0 Å². The monoisotopic (exact) mass is 273 g/mol. The lowest BCUT2D eigenvalue weighted by molar-refractivity contribution is 0.730. The van der Waals surface area contributed by atoms with E-state index < -0.39 is 0 Å². The third kappa shape index (κ3) is 1.94. The van der Waals surface area contributed by atoms with Gasteiger partial charge < -0.3 is 5.32 Å². The van der Waals surface area contributed by atoms with Crippen molar-refractivity contribution < 1.29 is 0 Å². The molecule has 0 unspecified atom stereocenters. The highest BCUT2D eigenvalue weighted by molar-refractivity contribution is 5.48. The number of rotatable bonds is 3. The highest BCUT2D eigenvalue weighted by atomic mass is 16.1. The average molecular weight is 273 g/mol. The lowest BCUT2D eigenvalue weighted by Crippen LogP contribution is -2.10. The Bertz CT molecular complexity index is 826. The Morgan fingerprint density at radius 1 is 1.40 bits per heavy atom. The van der Waals surface area contributed by atoms with E-state index in [2.05, 4.69) is 25.6 Å². The van der Waals surface area contributed by atoms with Gasteiger partial charge in [-0.1, -0.05) is 0 Å². The van der Waals surface area contributed by atoms with Crippen LogP contribution in [0.25, 0.3) is 5.65 Å². The maximum Gasteiger partial charge on any atom is 0.348 e. The van der Waals surface area contributed by atoms with Crippen molar-refractivity contribution in [2.24, 2.45) is 7.05 Å². The number of hydrogen-bond acceptors (Lipinski definition) is 5. The van der Waals surface area contributed by atoms with Gasteiger partial charge in [-0.05, 0) is 13.8 Å². The fourth-order valence-electron chi connectivity index (χ4n) is 2.16. The minimum absolute atomic E-state index is 0.294. The first kappa shape index (κ1) is 12.4. The number of aryl methyl sites for hydroxylation is 2. The molecule has 0 saturated heterocycles. The predicted molar refractivity (Wildman–Crippen MR) is 73.6 cm³/mol. The molecule has 0 atom stereocenters. The molecular weight excluding hydrogens is 258 g/mol. The molecule has 0 aliphatic heterocycles. The van der Waals surface area contributed by atoms with Gasteiger partial charge in [0, 0.05) is 30.9 Å². The third-order valence-electron chi connectivity index (χ3n) is 3.41. The van der Waals surface area contributed by atoms with E-state index in [0.717, 1.165) is 17.0 Å². The molecule has 2 N–H and O–H groups in total. The van der Waals surface area contributed by atoms with Crippen LogP contribution in [-0.2, 0) is 13.6 Å². The zero-order chi connectivity index (χ0) is 14.3. The van der Waals surface area contributed by atoms with Crippen molar-refractivity contribution >= 4 is 11.5 Å². The summed E-state index contributed by atoms with van der Waals surface area (Å²) in [6.45, 7) is 4.64. The zero-order valence-electron chi connectivity index (χ0n) is 11.5. The second-order valence-corrected chi connectivity index (χ2v) is 4.66. The second-order valence-electron chi connectivity index (χ2n) is 4.66. The van der Waals surface area contributed by atoms with Crippen LogP contribution in [0.4, 0.5) is 5.82 Å². The number of anilines is 1. The molecule has 104 valence electrons. The summed E-state index contributed by atoms with van der Waals surface area (Å²) in [5, 5.41) is 13.9. The van der Waals surface area contributed by atoms with Crippen molar-refractivity contribution in [3.63, 3.8) is 0 Å². The van der Waals surface area contributed by atoms with E-state index >= 15 is 0 Å². The van der Waals surface area contributed by atoms with Crippen molar-refractivity contribution in [3.8, 4) is 0 Å². The molecule has 3 rings (SSSR count). The number of nitrogens with zero attached hydrogens (tertiary/aromatic N) is 5. The van der Waals surface area contributed by atoms with Crippen molar-refractivity contribution in [2.45, 2.75) is 20.4 Å². The number of aromatic nitrogens is 6. The third-order valence-corrected chi connectivity index (χ3v) is 3.41. The van der Waals surface area contributed by atoms with Gasteiger partial charge >= 0.3 is 5.69 Å². The smallest absolute Gasteiger partial charge is 0.348 e. The van der Waals surface area contributed by atoms with Crippen molar-refractivity contribution in [3.05, 3.63) is 39.8 Å². The fourth-order valence-corrected chi connectivity index (χ4v) is 2.16. The van der Waals surface area contributed by atoms with Crippen LogP contribution in [0.2, 0.25) is 0 Å². The summed E-state index contributed by atoms with van der Waals surface area (Å²) in [7, 11) is 1.92. The van der Waals surface area contributed by atoms with Crippen LogP contribution in [0.3, 0.4) is 0 Å². The van der Waals surface area contributed by atoms with Gasteiger partial charge in [0.1, 0.15) is 12.1 Å². The molecule has 0 aliphatic rings. The van der Waals surface area contributed by atoms with Crippen LogP contribution in [0.15, 0.2) is 17.2 Å². The number of hydrogen-bond donors (Lipinski definition) is 2. The molecule has 8 heteroatoms. The predicted octanol–water partition coefficient (Wildman–Crippen LogP) is 0.380. The van der Waals surface area contributed by atoms with E-state index in [1.54, 1.807) is 6.07 Å². The van der Waals surface area contributed by atoms with Gasteiger partial charge in [-0.3, -0.25) is 4.68 Å². The Hall–Kier alpha value is -2.64. The first-order chi connectivity index (χ1) is 9.56. The molecule has 0 aliphatic carbocycles. The van der Waals surface area contributed by atoms with Crippen molar-refractivity contribution in [1.29, 1.82) is 0 Å². The van der Waals surface area contributed by atoms with Crippen LogP contribution in [0, 0.1) is 13.8 Å². The Balaban J connectivity index is 1.84. The first-order valence-corrected chi connectivity index (χ1v) is 6.22. The van der Waals surface area contributed by atoms with E-state index in [9.17, 15) is 4.79 Å². The highest BCUT2D eigenvalue weighted by Gasteiger charge is 2.09. The normalized spacial score (nSPS) is 11.2. The minimum Gasteiger partial charge on any atom is -0.366 e. The molecule has 20 heavy (non-hydrogen) atoms. The molecule has 0 aromatic carbocycles. The Labute approximate surface area is 114 Å². The molecule has 8 nitrogen and oxygen atoms in total. The topological polar surface area (TPSA) is 92.9 Å². The second kappa shape index (κ2) is 4.48. The van der Waals surface area contributed by atoms with E-state index in [0.29, 0.717) is 18.0 Å². The van der Waals surface area contributed by atoms with Gasteiger partial charge in [0.05, 0.1) is 5.69 Å². The summed E-state index contributed by atoms with van der Waals surface area (Å²) in [4.78, 5) is 15.5. The SMILES string of the molecule is Cc1nn(C)c(C)c1CNc1cc2n[nH]c(=O)n2cn1. The van der Waals surface area contributed by atoms with Crippen molar-refractivity contribution in [2.75, 3.05) is 5.32 Å². The van der Waals surface area contributed by atoms with Gasteiger partial charge in [0.2, 0.25) is 0 Å². The molecule has 0 radical (unpaired) electrons. The molecule has 3 aromatic rings. The summed E-state index contributed by atoms with van der Waals surface area (Å²) in [6, 6.07) is 1.72. The van der Waals surface area contributed by atoms with Gasteiger partial charge in [0.25, 0.3) is 0 Å². The largest absolute Gasteiger partial charge is 0.366 e. The van der Waals surface area contributed by atoms with Gasteiger partial charge in [-0.2, -0.15) is 10.2 Å². The molecule has 0 bridgehead atoms. The lowest BCUT2D eigenvalue weighted by atomic mass is 10.2. The van der Waals surface area contributed by atoms with Gasteiger partial charge in [0.15, 0.2) is 5.65 Å². The van der Waals surface area contributed by atoms with Crippen LogP contribution in [0.1, 0.15) is 17.0 Å². The first-order valence-electron chi connectivity index (χ1n) is 6.22. The summed E-state index contributed by atoms with van der Waals surface area (Å²) in [5.74, 6) is 0.666. The average Bonchev–Trinajstić information content (AvgIpc) is 2.90. The standard InChI is InChI=1S/C12H15N7O/c1-7-9(8(2)18(3)17-7)5-13-10-4-11-15-16-12(20)19(11)6-14-10/h4,6,13H,5H2,1-3H3,(H,16,20). The van der Waals surface area contributed by atoms with Crippen LogP contribution < -0.4 is 11.0 Å². The highest BCUT2D eigenvalue weighted by Crippen LogP contribution is 2.14. The van der Waals surface area contributed by atoms with E-state index in [1.165, 1.54) is 10.7 Å². The summed E-state index contributed by atoms with van der Waals surface area (Å²) in [5.41, 5.74) is 3.50. The number of H-pyrrole nitrogens is 1. The minimum atomic E-state index is -0.294. The summed E-state index contributed by atoms with van der Waals surface area (Å²) >= 11 is 0. The maximum atomic E-state index is 11.3. The number of nitrogens with one attached hydrogen (secondary N) is 2. The molecular formula is C12H15N7O. The fraction of sp³-hybridized carbons (Fsp3) is 0.333. The van der Waals surface area contributed by atoms with Crippen molar-refractivity contribution in [1.82, 2.24) is 29.4 Å². The van der Waals surface area contributed by atoms with E-state index in [-0.39, 0.29) is 5.69 Å². The molecule has 0 saturated carbocycles. The molecule has 0 fully saturated rings. The van der Waals surface area contributed by atoms with Crippen LogP contribution in [-0.4, -0.2) is 29.4 Å². The molecule has 3 heterocycles. The lowest BCUT2D eigenvalue weighted by Gasteiger charge is -2.06. The van der Waals surface area contributed by atoms with Crippen LogP contribution in [0.5, 0.6) is 0 Å². The maximum absolute atomic E-state index is 11.3. The Morgan fingerprint density at radius 3 is 2.90 bits per heavy atom. The number of aromatic amines is 1. The quantitative estimate of drug-likeness (QED) is 0.719. The van der Waals surface area contributed by atoms with Gasteiger partial charge in [-0.25, -0.2) is 19.3 Å². The Kier molecular flexibility index (Phi) is 2.78.